The zero-order chi connectivity index (χ0) is 18.3. The molecule has 0 aliphatic heterocycles. The predicted octanol–water partition coefficient (Wildman–Crippen LogP) is 3.29. The lowest BCUT2D eigenvalue weighted by Crippen LogP contribution is -2.35. The molecule has 0 fully saturated rings. The van der Waals surface area contributed by atoms with Crippen molar-refractivity contribution in [1.82, 2.24) is 4.90 Å². The van der Waals surface area contributed by atoms with Gasteiger partial charge in [0.2, 0.25) is 0 Å². The maximum Gasteiger partial charge on any atom is 0.254 e. The summed E-state index contributed by atoms with van der Waals surface area (Å²) in [6.45, 7) is 11.5. The van der Waals surface area contributed by atoms with E-state index in [1.54, 1.807) is 0 Å². The summed E-state index contributed by atoms with van der Waals surface area (Å²) in [5.74, 6) is 0.897. The van der Waals surface area contributed by atoms with Crippen LogP contribution in [0.25, 0.3) is 0 Å². The summed E-state index contributed by atoms with van der Waals surface area (Å²) in [4.78, 5) is 14.0. The van der Waals surface area contributed by atoms with Crippen LogP contribution in [0, 0.1) is 11.3 Å². The molecule has 4 heteroatoms. The highest BCUT2D eigenvalue weighted by Gasteiger charge is 2.27. The van der Waals surface area contributed by atoms with Crippen molar-refractivity contribution in [3.8, 4) is 0 Å². The minimum absolute atomic E-state index is 0.107. The van der Waals surface area contributed by atoms with Gasteiger partial charge in [-0.1, -0.05) is 46.8 Å². The first-order valence-electron chi connectivity index (χ1n) is 8.81. The molecule has 1 atom stereocenters. The number of aliphatic hydroxyl groups excluding tert-OH is 2. The highest BCUT2D eigenvalue weighted by atomic mass is 16.3. The minimum Gasteiger partial charge on any atom is -0.395 e. The number of nitrogens with zero attached hydrogens (tertiary/aromatic N) is 1. The van der Waals surface area contributed by atoms with Crippen molar-refractivity contribution in [2.24, 2.45) is 11.3 Å². The molecular formula is C20H33NO3. The van der Waals surface area contributed by atoms with Gasteiger partial charge in [-0.05, 0) is 41.4 Å². The third-order valence-corrected chi connectivity index (χ3v) is 4.34. The summed E-state index contributed by atoms with van der Waals surface area (Å²) >= 11 is 0. The molecule has 0 aliphatic rings. The van der Waals surface area contributed by atoms with Gasteiger partial charge in [0, 0.05) is 18.7 Å². The lowest BCUT2D eigenvalue weighted by molar-refractivity contribution is 0.0685. The maximum atomic E-state index is 12.5. The Morgan fingerprint density at radius 1 is 1.04 bits per heavy atom. The standard InChI is InChI=1S/C20H33NO3/c1-15(2)14-18(20(3,4)5)16-6-8-17(9-7-16)19(24)21(10-12-22)11-13-23/h6-9,15,18,22-23H,10-14H2,1-5H3. The van der Waals surface area contributed by atoms with E-state index < -0.39 is 0 Å². The van der Waals surface area contributed by atoms with Gasteiger partial charge < -0.3 is 15.1 Å². The van der Waals surface area contributed by atoms with Crippen LogP contribution in [0.2, 0.25) is 0 Å². The van der Waals surface area contributed by atoms with E-state index in [-0.39, 0.29) is 37.6 Å². The van der Waals surface area contributed by atoms with E-state index in [0.717, 1.165) is 6.42 Å². The molecular weight excluding hydrogens is 302 g/mol. The highest BCUT2D eigenvalue weighted by molar-refractivity contribution is 5.94. The van der Waals surface area contributed by atoms with Crippen LogP contribution >= 0.6 is 0 Å². The van der Waals surface area contributed by atoms with Crippen LogP contribution in [0.1, 0.15) is 62.9 Å². The molecule has 2 N–H and O–H groups in total. The lowest BCUT2D eigenvalue weighted by atomic mass is 9.72. The summed E-state index contributed by atoms with van der Waals surface area (Å²) in [5.41, 5.74) is 2.01. The van der Waals surface area contributed by atoms with E-state index in [9.17, 15) is 4.79 Å². The molecule has 1 unspecified atom stereocenters. The second kappa shape index (κ2) is 9.19. The van der Waals surface area contributed by atoms with Crippen LogP contribution in [0.5, 0.6) is 0 Å². The summed E-state index contributed by atoms with van der Waals surface area (Å²) in [6.07, 6.45) is 1.11. The van der Waals surface area contributed by atoms with Crippen LogP contribution < -0.4 is 0 Å². The van der Waals surface area contributed by atoms with Crippen molar-refractivity contribution in [1.29, 1.82) is 0 Å². The Hall–Kier alpha value is -1.39. The summed E-state index contributed by atoms with van der Waals surface area (Å²) in [7, 11) is 0. The number of hydrogen-bond donors (Lipinski definition) is 2. The molecule has 0 spiro atoms. The monoisotopic (exact) mass is 335 g/mol. The zero-order valence-electron chi connectivity index (χ0n) is 15.7. The van der Waals surface area contributed by atoms with Crippen molar-refractivity contribution in [2.45, 2.75) is 47.0 Å². The Balaban J connectivity index is 2.99. The first-order valence-corrected chi connectivity index (χ1v) is 8.81. The van der Waals surface area contributed by atoms with E-state index in [2.05, 4.69) is 34.6 Å². The maximum absolute atomic E-state index is 12.5. The molecule has 1 aromatic carbocycles. The van der Waals surface area contributed by atoms with E-state index in [4.69, 9.17) is 10.2 Å². The Labute approximate surface area is 146 Å². The summed E-state index contributed by atoms with van der Waals surface area (Å²) in [6, 6.07) is 7.81. The fourth-order valence-electron chi connectivity index (χ4n) is 3.06. The smallest absolute Gasteiger partial charge is 0.254 e. The van der Waals surface area contributed by atoms with Crippen LogP contribution in [0.3, 0.4) is 0 Å². The minimum atomic E-state index is -0.152. The van der Waals surface area contributed by atoms with Gasteiger partial charge in [-0.25, -0.2) is 0 Å². The number of carbonyl (C=O) groups is 1. The fourth-order valence-corrected chi connectivity index (χ4v) is 3.06. The van der Waals surface area contributed by atoms with Crippen molar-refractivity contribution >= 4 is 5.91 Å². The third kappa shape index (κ3) is 5.91. The van der Waals surface area contributed by atoms with Gasteiger partial charge in [0.1, 0.15) is 0 Å². The normalized spacial score (nSPS) is 13.2. The van der Waals surface area contributed by atoms with Crippen LogP contribution in [0.4, 0.5) is 0 Å². The summed E-state index contributed by atoms with van der Waals surface area (Å²) in [5, 5.41) is 18.1. The molecule has 4 nitrogen and oxygen atoms in total. The number of benzene rings is 1. The van der Waals surface area contributed by atoms with E-state index in [1.807, 2.05) is 24.3 Å². The molecule has 0 heterocycles. The molecule has 0 aromatic heterocycles. The second-order valence-electron chi connectivity index (χ2n) is 7.91. The second-order valence-corrected chi connectivity index (χ2v) is 7.91. The molecule has 0 bridgehead atoms. The van der Waals surface area contributed by atoms with Crippen LogP contribution in [-0.4, -0.2) is 47.3 Å². The molecule has 1 aromatic rings. The molecule has 0 saturated carbocycles. The van der Waals surface area contributed by atoms with Gasteiger partial charge in [0.05, 0.1) is 13.2 Å². The Bertz CT molecular complexity index is 497. The Kier molecular flexibility index (Phi) is 7.91. The number of aliphatic hydroxyl groups is 2. The Morgan fingerprint density at radius 3 is 1.92 bits per heavy atom. The van der Waals surface area contributed by atoms with Crippen molar-refractivity contribution in [2.75, 3.05) is 26.3 Å². The van der Waals surface area contributed by atoms with E-state index >= 15 is 0 Å². The number of amides is 1. The van der Waals surface area contributed by atoms with Gasteiger partial charge >= 0.3 is 0 Å². The van der Waals surface area contributed by atoms with E-state index in [0.29, 0.717) is 17.4 Å². The van der Waals surface area contributed by atoms with Crippen molar-refractivity contribution < 1.29 is 15.0 Å². The molecule has 0 aliphatic carbocycles. The van der Waals surface area contributed by atoms with Crippen LogP contribution in [-0.2, 0) is 0 Å². The number of hydrogen-bond acceptors (Lipinski definition) is 3. The molecule has 0 saturated heterocycles. The fraction of sp³-hybridized carbons (Fsp3) is 0.650. The average Bonchev–Trinajstić information content (AvgIpc) is 2.51. The van der Waals surface area contributed by atoms with Gasteiger partial charge in [0.25, 0.3) is 5.91 Å². The first-order chi connectivity index (χ1) is 11.2. The number of carbonyl (C=O) groups excluding carboxylic acids is 1. The lowest BCUT2D eigenvalue weighted by Gasteiger charge is -2.33. The highest BCUT2D eigenvalue weighted by Crippen LogP contribution is 2.39. The summed E-state index contributed by atoms with van der Waals surface area (Å²) < 4.78 is 0. The predicted molar refractivity (Wildman–Crippen MR) is 98.2 cm³/mol. The van der Waals surface area contributed by atoms with E-state index in [1.165, 1.54) is 10.5 Å². The SMILES string of the molecule is CC(C)CC(c1ccc(C(=O)N(CCO)CCO)cc1)C(C)(C)C. The number of rotatable bonds is 8. The molecule has 0 radical (unpaired) electrons. The van der Waals surface area contributed by atoms with Gasteiger partial charge in [0.15, 0.2) is 0 Å². The van der Waals surface area contributed by atoms with Crippen LogP contribution in [0.15, 0.2) is 24.3 Å². The topological polar surface area (TPSA) is 60.8 Å². The molecule has 1 rings (SSSR count). The average molecular weight is 335 g/mol. The molecule has 1 amide bonds. The van der Waals surface area contributed by atoms with Gasteiger partial charge in [-0.2, -0.15) is 0 Å². The van der Waals surface area contributed by atoms with Crippen molar-refractivity contribution in [3.63, 3.8) is 0 Å². The third-order valence-electron chi connectivity index (χ3n) is 4.34. The molecule has 136 valence electrons. The molecule has 24 heavy (non-hydrogen) atoms. The quantitative estimate of drug-likeness (QED) is 0.766. The van der Waals surface area contributed by atoms with Gasteiger partial charge in [-0.3, -0.25) is 4.79 Å². The Morgan fingerprint density at radius 2 is 1.54 bits per heavy atom. The van der Waals surface area contributed by atoms with Crippen molar-refractivity contribution in [3.05, 3.63) is 35.4 Å². The zero-order valence-corrected chi connectivity index (χ0v) is 15.7. The first kappa shape index (κ1) is 20.7. The van der Waals surface area contributed by atoms with Gasteiger partial charge in [-0.15, -0.1) is 0 Å². The largest absolute Gasteiger partial charge is 0.395 e.